The number of hydrogen-bond donors (Lipinski definition) is 2. The van der Waals surface area contributed by atoms with E-state index in [2.05, 4.69) is 15.3 Å². The lowest BCUT2D eigenvalue weighted by atomic mass is 10.1. The van der Waals surface area contributed by atoms with Crippen molar-refractivity contribution in [1.29, 1.82) is 0 Å². The highest BCUT2D eigenvalue weighted by Crippen LogP contribution is 2.37. The Balaban J connectivity index is 1.77. The first-order chi connectivity index (χ1) is 11.3. The number of nitrogens with zero attached hydrogens (tertiary/aromatic N) is 3. The van der Waals surface area contributed by atoms with Gasteiger partial charge in [-0.25, -0.2) is 15.1 Å². The summed E-state index contributed by atoms with van der Waals surface area (Å²) in [6.45, 7) is 1.53. The number of nitrogens with two attached hydrogens (primary N) is 1. The molecule has 1 aliphatic rings. The average Bonchev–Trinajstić information content (AvgIpc) is 3.10. The van der Waals surface area contributed by atoms with Gasteiger partial charge in [0.25, 0.3) is 0 Å². The van der Waals surface area contributed by atoms with Gasteiger partial charge in [0.05, 0.1) is 12.0 Å². The maximum atomic E-state index is 11.3. The van der Waals surface area contributed by atoms with Crippen molar-refractivity contribution < 1.29 is 17.4 Å². The van der Waals surface area contributed by atoms with Gasteiger partial charge in [0.15, 0.2) is 0 Å². The maximum Gasteiger partial charge on any atom is 0.333 e. The van der Waals surface area contributed by atoms with Gasteiger partial charge in [-0.2, -0.15) is 8.42 Å². The van der Waals surface area contributed by atoms with E-state index >= 15 is 0 Å². The molecule has 0 radical (unpaired) electrons. The Hall–Kier alpha value is -2.04. The second-order valence-corrected chi connectivity index (χ2v) is 7.20. The third kappa shape index (κ3) is 3.71. The number of amides is 1. The summed E-state index contributed by atoms with van der Waals surface area (Å²) in [7, 11) is -3.90. The Kier molecular flexibility index (Phi) is 4.52. The van der Waals surface area contributed by atoms with Gasteiger partial charge >= 0.3 is 10.3 Å². The third-order valence-corrected chi connectivity index (χ3v) is 4.64. The second kappa shape index (κ2) is 6.46. The van der Waals surface area contributed by atoms with E-state index in [0.29, 0.717) is 5.82 Å². The van der Waals surface area contributed by atoms with E-state index < -0.39 is 10.3 Å². The minimum absolute atomic E-state index is 0.0979. The van der Waals surface area contributed by atoms with Crippen LogP contribution in [0.1, 0.15) is 32.2 Å². The first-order valence-corrected chi connectivity index (χ1v) is 9.07. The van der Waals surface area contributed by atoms with E-state index in [0.717, 1.165) is 30.3 Å². The molecule has 2 aromatic rings. The van der Waals surface area contributed by atoms with Crippen LogP contribution in [0.5, 0.6) is 0 Å². The highest BCUT2D eigenvalue weighted by Gasteiger charge is 2.28. The van der Waals surface area contributed by atoms with E-state index in [4.69, 9.17) is 9.32 Å². The monoisotopic (exact) mass is 353 g/mol. The number of rotatable bonds is 5. The highest BCUT2D eigenvalue weighted by molar-refractivity contribution is 7.84. The Morgan fingerprint density at radius 1 is 1.46 bits per heavy atom. The van der Waals surface area contributed by atoms with Crippen LogP contribution in [0.2, 0.25) is 0 Å². The van der Waals surface area contributed by atoms with Crippen LogP contribution < -0.4 is 10.5 Å². The third-order valence-electron chi connectivity index (χ3n) is 4.18. The van der Waals surface area contributed by atoms with Gasteiger partial charge in [-0.15, -0.1) is 0 Å². The Labute approximate surface area is 139 Å². The van der Waals surface area contributed by atoms with Gasteiger partial charge in [0, 0.05) is 19.2 Å². The van der Waals surface area contributed by atoms with E-state index in [9.17, 15) is 13.2 Å². The largest absolute Gasteiger partial charge is 0.333 e. The Bertz CT molecular complexity index is 863. The van der Waals surface area contributed by atoms with Gasteiger partial charge in [0.2, 0.25) is 5.91 Å². The molecule has 24 heavy (non-hydrogen) atoms. The number of carbonyl (C=O) groups is 1. The quantitative estimate of drug-likeness (QED) is 0.823. The predicted octanol–water partition coefficient (Wildman–Crippen LogP) is 0.951. The van der Waals surface area contributed by atoms with Crippen molar-refractivity contribution >= 4 is 33.1 Å². The van der Waals surface area contributed by atoms with E-state index in [1.807, 2.05) is 16.8 Å². The van der Waals surface area contributed by atoms with Crippen LogP contribution in [-0.2, 0) is 19.3 Å². The highest BCUT2D eigenvalue weighted by atomic mass is 32.2. The predicted molar refractivity (Wildman–Crippen MR) is 87.3 cm³/mol. The van der Waals surface area contributed by atoms with Crippen LogP contribution in [-0.4, -0.2) is 35.5 Å². The van der Waals surface area contributed by atoms with Crippen LogP contribution in [0.4, 0.5) is 5.82 Å². The summed E-state index contributed by atoms with van der Waals surface area (Å²) in [5.74, 6) is 0.421. The fourth-order valence-electron chi connectivity index (χ4n) is 3.18. The zero-order valence-electron chi connectivity index (χ0n) is 13.2. The summed E-state index contributed by atoms with van der Waals surface area (Å²) in [6.07, 6.45) is 5.85. The van der Waals surface area contributed by atoms with Crippen molar-refractivity contribution in [1.82, 2.24) is 14.5 Å². The van der Waals surface area contributed by atoms with Crippen molar-refractivity contribution in [3.63, 3.8) is 0 Å². The topological polar surface area (TPSA) is 129 Å². The number of carbonyl (C=O) groups excluding carboxylic acids is 1. The van der Waals surface area contributed by atoms with Crippen molar-refractivity contribution in [2.75, 3.05) is 11.9 Å². The second-order valence-electron chi connectivity index (χ2n) is 5.97. The van der Waals surface area contributed by atoms with Gasteiger partial charge in [-0.3, -0.25) is 8.98 Å². The molecular formula is C14H19N5O4S. The molecule has 0 unspecified atom stereocenters. The van der Waals surface area contributed by atoms with E-state index in [-0.39, 0.29) is 24.5 Å². The molecule has 1 amide bonds. The normalized spacial score (nSPS) is 21.2. The molecule has 1 saturated carbocycles. The van der Waals surface area contributed by atoms with E-state index in [1.54, 1.807) is 0 Å². The van der Waals surface area contributed by atoms with Crippen molar-refractivity contribution in [2.45, 2.75) is 32.2 Å². The molecule has 2 aromatic heterocycles. The molecule has 9 nitrogen and oxygen atoms in total. The minimum atomic E-state index is -3.90. The van der Waals surface area contributed by atoms with Crippen LogP contribution >= 0.6 is 0 Å². The zero-order chi connectivity index (χ0) is 17.3. The molecule has 0 aliphatic heterocycles. The Morgan fingerprint density at radius 3 is 2.96 bits per heavy atom. The lowest BCUT2D eigenvalue weighted by molar-refractivity contribution is -0.114. The number of fused-ring (bicyclic) bond motifs is 1. The molecule has 0 bridgehead atoms. The molecule has 2 atom stereocenters. The molecule has 130 valence electrons. The Morgan fingerprint density at radius 2 is 2.25 bits per heavy atom. The fraction of sp³-hybridized carbons (Fsp3) is 0.500. The number of hydrogen-bond acceptors (Lipinski definition) is 6. The van der Waals surface area contributed by atoms with Crippen molar-refractivity contribution in [3.05, 3.63) is 18.6 Å². The molecule has 2 heterocycles. The lowest BCUT2D eigenvalue weighted by Gasteiger charge is -2.14. The van der Waals surface area contributed by atoms with Gasteiger partial charge in [-0.1, -0.05) is 0 Å². The van der Waals surface area contributed by atoms with Crippen molar-refractivity contribution in [2.24, 2.45) is 11.1 Å². The summed E-state index contributed by atoms with van der Waals surface area (Å²) in [6, 6.07) is 2.06. The zero-order valence-corrected chi connectivity index (χ0v) is 14.0. The van der Waals surface area contributed by atoms with Gasteiger partial charge in [0.1, 0.15) is 17.8 Å². The minimum Gasteiger partial charge on any atom is -0.329 e. The average molecular weight is 353 g/mol. The lowest BCUT2D eigenvalue weighted by Crippen LogP contribution is -2.19. The molecule has 1 aliphatic carbocycles. The molecule has 0 aromatic carbocycles. The molecule has 0 saturated heterocycles. The molecule has 3 rings (SSSR count). The molecule has 10 heteroatoms. The summed E-state index contributed by atoms with van der Waals surface area (Å²) < 4.78 is 28.5. The van der Waals surface area contributed by atoms with Crippen LogP contribution in [0.25, 0.3) is 11.0 Å². The molecule has 3 N–H and O–H groups in total. The first kappa shape index (κ1) is 16.8. The van der Waals surface area contributed by atoms with Crippen molar-refractivity contribution in [3.8, 4) is 0 Å². The summed E-state index contributed by atoms with van der Waals surface area (Å²) in [5, 5.41) is 8.34. The van der Waals surface area contributed by atoms with Crippen LogP contribution in [0.3, 0.4) is 0 Å². The first-order valence-electron chi connectivity index (χ1n) is 7.60. The SMILES string of the molecule is CC(=O)Nc1ncnc2c1ccn2[C@@H]1CC[C@H](COS(N)(=O)=O)C1. The summed E-state index contributed by atoms with van der Waals surface area (Å²) in [5.41, 5.74) is 0.742. The van der Waals surface area contributed by atoms with Crippen LogP contribution in [0.15, 0.2) is 18.6 Å². The van der Waals surface area contributed by atoms with E-state index in [1.165, 1.54) is 13.3 Å². The van der Waals surface area contributed by atoms with Gasteiger partial charge in [-0.05, 0) is 31.2 Å². The number of anilines is 1. The number of aromatic nitrogens is 3. The summed E-state index contributed by atoms with van der Waals surface area (Å²) >= 11 is 0. The van der Waals surface area contributed by atoms with Crippen LogP contribution in [0, 0.1) is 5.92 Å². The molecule has 1 fully saturated rings. The molecular weight excluding hydrogens is 334 g/mol. The van der Waals surface area contributed by atoms with Gasteiger partial charge < -0.3 is 9.88 Å². The maximum absolute atomic E-state index is 11.3. The summed E-state index contributed by atoms with van der Waals surface area (Å²) in [4.78, 5) is 19.7. The number of nitrogens with one attached hydrogen (secondary N) is 1. The fourth-order valence-corrected chi connectivity index (χ4v) is 3.56. The standard InChI is InChI=1S/C14H19N5O4S/c1-9(20)18-13-12-4-5-19(14(12)17-8-16-13)11-3-2-10(6-11)7-23-24(15,21)22/h4-5,8,10-11H,2-3,6-7H2,1H3,(H2,15,21,22)(H,16,17,18,20)/t10-,11+/m0/s1. The smallest absolute Gasteiger partial charge is 0.329 e. The molecule has 0 spiro atoms.